The lowest BCUT2D eigenvalue weighted by Gasteiger charge is -1.74. The summed E-state index contributed by atoms with van der Waals surface area (Å²) in [4.78, 5) is 6.32. The lowest BCUT2D eigenvalue weighted by molar-refractivity contribution is 1.13. The molecule has 0 aliphatic carbocycles. The van der Waals surface area contributed by atoms with Gasteiger partial charge in [0.05, 0.1) is 6.20 Å². The second-order valence-electron chi connectivity index (χ2n) is 1.02. The summed E-state index contributed by atoms with van der Waals surface area (Å²) >= 11 is 4.61. The van der Waals surface area contributed by atoms with E-state index >= 15 is 0 Å². The molecule has 1 rings (SSSR count). The molecule has 2 nitrogen and oxygen atoms in total. The van der Waals surface area contributed by atoms with Gasteiger partial charge in [0.15, 0.2) is 4.77 Å². The molecule has 1 aromatic rings. The molecule has 0 saturated heterocycles. The van der Waals surface area contributed by atoms with Crippen LogP contribution in [0.5, 0.6) is 0 Å². The van der Waals surface area contributed by atoms with Crippen LogP contribution in [-0.2, 0) is 0 Å². The van der Waals surface area contributed by atoms with Crippen molar-refractivity contribution < 1.29 is 0 Å². The molecule has 1 N–H and O–H groups in total. The number of nitrogens with zero attached hydrogens (tertiary/aromatic N) is 1. The molecule has 3 heteroatoms. The summed E-state index contributed by atoms with van der Waals surface area (Å²) in [7, 11) is 0. The highest BCUT2D eigenvalue weighted by atomic mass is 32.1. The molecule has 7 heavy (non-hydrogen) atoms. The summed E-state index contributed by atoms with van der Waals surface area (Å²) in [6, 6.07) is 1.66. The van der Waals surface area contributed by atoms with Crippen molar-refractivity contribution in [1.29, 1.82) is 0 Å². The van der Waals surface area contributed by atoms with Crippen molar-refractivity contribution in [1.82, 2.24) is 9.97 Å². The van der Waals surface area contributed by atoms with E-state index in [9.17, 15) is 0 Å². The Morgan fingerprint density at radius 2 is 2.71 bits per heavy atom. The first kappa shape index (κ1) is 4.46. The van der Waals surface area contributed by atoms with E-state index in [1.165, 1.54) is 0 Å². The summed E-state index contributed by atoms with van der Waals surface area (Å²) in [5, 5.41) is 0. The predicted molar refractivity (Wildman–Crippen MR) is 28.3 cm³/mol. The van der Waals surface area contributed by atoms with E-state index in [1.54, 1.807) is 12.3 Å². The molecule has 0 spiro atoms. The van der Waals surface area contributed by atoms with E-state index in [0.29, 0.717) is 4.77 Å². The summed E-state index contributed by atoms with van der Waals surface area (Å²) in [6.45, 7) is 0. The maximum absolute atomic E-state index is 4.61. The Morgan fingerprint density at radius 3 is 3.00 bits per heavy atom. The number of aromatic nitrogens is 2. The zero-order valence-electron chi connectivity index (χ0n) is 3.51. The van der Waals surface area contributed by atoms with Crippen molar-refractivity contribution in [2.75, 3.05) is 0 Å². The first-order valence-corrected chi connectivity index (χ1v) is 2.22. The van der Waals surface area contributed by atoms with Gasteiger partial charge in [-0.3, -0.25) is 0 Å². The Labute approximate surface area is 46.2 Å². The molecule has 1 heterocycles. The van der Waals surface area contributed by atoms with Crippen molar-refractivity contribution in [2.24, 2.45) is 0 Å². The van der Waals surface area contributed by atoms with Gasteiger partial charge in [0.25, 0.3) is 0 Å². The van der Waals surface area contributed by atoms with Crippen molar-refractivity contribution in [3.05, 3.63) is 23.2 Å². The third kappa shape index (κ3) is 1.08. The van der Waals surface area contributed by atoms with Crippen molar-refractivity contribution in [3.63, 3.8) is 0 Å². The van der Waals surface area contributed by atoms with E-state index < -0.39 is 0 Å². The molecule has 0 atom stereocenters. The monoisotopic (exact) mass is 111 g/mol. The molecule has 0 aliphatic heterocycles. The first-order chi connectivity index (χ1) is 3.39. The number of aromatic amines is 1. The Bertz CT molecular complexity index is 175. The van der Waals surface area contributed by atoms with Gasteiger partial charge in [0, 0.05) is 6.20 Å². The average molecular weight is 111 g/mol. The van der Waals surface area contributed by atoms with E-state index in [2.05, 4.69) is 28.4 Å². The third-order valence-electron chi connectivity index (χ3n) is 0.531. The lowest BCUT2D eigenvalue weighted by atomic mass is 10.7. The lowest BCUT2D eigenvalue weighted by Crippen LogP contribution is -1.73. The van der Waals surface area contributed by atoms with Gasteiger partial charge in [-0.05, 0) is 18.3 Å². The van der Waals surface area contributed by atoms with Crippen LogP contribution in [0.4, 0.5) is 0 Å². The van der Waals surface area contributed by atoms with Gasteiger partial charge < -0.3 is 4.98 Å². The van der Waals surface area contributed by atoms with Gasteiger partial charge in [0.2, 0.25) is 0 Å². The van der Waals surface area contributed by atoms with E-state index in [0.717, 1.165) is 0 Å². The zero-order chi connectivity index (χ0) is 5.11. The van der Waals surface area contributed by atoms with Crippen LogP contribution in [0, 0.1) is 11.0 Å². The van der Waals surface area contributed by atoms with Crippen LogP contribution < -0.4 is 0 Å². The van der Waals surface area contributed by atoms with E-state index in [-0.39, 0.29) is 0 Å². The normalized spacial score (nSPS) is 8.57. The fourth-order valence-electron chi connectivity index (χ4n) is 0.278. The van der Waals surface area contributed by atoms with Crippen molar-refractivity contribution in [2.45, 2.75) is 0 Å². The first-order valence-electron chi connectivity index (χ1n) is 1.81. The minimum Gasteiger partial charge on any atom is -0.337 e. The fraction of sp³-hybridized carbons (Fsp3) is 0. The van der Waals surface area contributed by atoms with Crippen molar-refractivity contribution in [3.8, 4) is 0 Å². The van der Waals surface area contributed by atoms with Crippen LogP contribution in [0.3, 0.4) is 0 Å². The van der Waals surface area contributed by atoms with Crippen LogP contribution in [0.2, 0.25) is 0 Å². The number of nitrogens with one attached hydrogen (secondary N) is 1. The Morgan fingerprint density at radius 1 is 1.86 bits per heavy atom. The Kier molecular flexibility index (Phi) is 1.17. The molecular formula is C4H3N2S. The Hall–Kier alpha value is -0.700. The van der Waals surface area contributed by atoms with Crippen molar-refractivity contribution >= 4 is 12.2 Å². The van der Waals surface area contributed by atoms with Crippen LogP contribution in [0.1, 0.15) is 0 Å². The fourth-order valence-corrected chi connectivity index (χ4v) is 0.399. The molecule has 0 bridgehead atoms. The Balaban J connectivity index is 3.28. The highest BCUT2D eigenvalue weighted by Crippen LogP contribution is 1.72. The molecule has 35 valence electrons. The second kappa shape index (κ2) is 1.84. The smallest absolute Gasteiger partial charge is 0.197 e. The maximum Gasteiger partial charge on any atom is 0.197 e. The summed E-state index contributed by atoms with van der Waals surface area (Å²) in [5.41, 5.74) is 0. The highest BCUT2D eigenvalue weighted by molar-refractivity contribution is 7.71. The molecule has 0 saturated carbocycles. The summed E-state index contributed by atoms with van der Waals surface area (Å²) in [6.07, 6.45) is 4.27. The molecular weight excluding hydrogens is 108 g/mol. The third-order valence-corrected chi connectivity index (χ3v) is 0.740. The molecule has 1 aromatic heterocycles. The van der Waals surface area contributed by atoms with Gasteiger partial charge in [-0.1, -0.05) is 0 Å². The minimum absolute atomic E-state index is 0.475. The molecule has 0 fully saturated rings. The van der Waals surface area contributed by atoms with Gasteiger partial charge in [-0.2, -0.15) is 0 Å². The van der Waals surface area contributed by atoms with Crippen LogP contribution in [0.15, 0.2) is 12.3 Å². The van der Waals surface area contributed by atoms with Gasteiger partial charge >= 0.3 is 0 Å². The molecule has 0 unspecified atom stereocenters. The SMILES string of the molecule is S=c1n[c]cc[nH]1. The van der Waals surface area contributed by atoms with Crippen LogP contribution in [0.25, 0.3) is 0 Å². The molecule has 0 aromatic carbocycles. The van der Waals surface area contributed by atoms with Gasteiger partial charge in [-0.25, -0.2) is 4.98 Å². The second-order valence-corrected chi connectivity index (χ2v) is 1.41. The standard InChI is InChI=1S/C4H3N2S/c7-4-5-2-1-3-6-4/h1-2H,(H,5,6,7). The summed E-state index contributed by atoms with van der Waals surface area (Å²) < 4.78 is 0.475. The van der Waals surface area contributed by atoms with Crippen LogP contribution in [-0.4, -0.2) is 9.97 Å². The molecule has 0 aliphatic rings. The van der Waals surface area contributed by atoms with Gasteiger partial charge in [0.1, 0.15) is 0 Å². The van der Waals surface area contributed by atoms with Crippen LogP contribution >= 0.6 is 12.2 Å². The maximum atomic E-state index is 4.61. The topological polar surface area (TPSA) is 28.7 Å². The quantitative estimate of drug-likeness (QED) is 0.505. The number of hydrogen-bond donors (Lipinski definition) is 1. The van der Waals surface area contributed by atoms with E-state index in [4.69, 9.17) is 0 Å². The predicted octanol–water partition coefficient (Wildman–Crippen LogP) is 0.939. The van der Waals surface area contributed by atoms with E-state index in [1.807, 2.05) is 0 Å². The number of H-pyrrole nitrogens is 1. The number of rotatable bonds is 0. The highest BCUT2D eigenvalue weighted by Gasteiger charge is 1.67. The summed E-state index contributed by atoms with van der Waals surface area (Å²) in [5.74, 6) is 0. The largest absolute Gasteiger partial charge is 0.337 e. The zero-order valence-corrected chi connectivity index (χ0v) is 4.33. The molecule has 0 amide bonds. The van der Waals surface area contributed by atoms with Gasteiger partial charge in [-0.15, -0.1) is 0 Å². The average Bonchev–Trinajstić information content (AvgIpc) is 1.69. The molecule has 1 radical (unpaired) electrons. The number of hydrogen-bond acceptors (Lipinski definition) is 2. The minimum atomic E-state index is 0.475.